The van der Waals surface area contributed by atoms with Crippen LogP contribution < -0.4 is 4.90 Å². The Kier molecular flexibility index (Phi) is 7.18. The second kappa shape index (κ2) is 10.2. The van der Waals surface area contributed by atoms with Crippen molar-refractivity contribution < 1.29 is 28.5 Å². The summed E-state index contributed by atoms with van der Waals surface area (Å²) in [6.45, 7) is 8.81. The van der Waals surface area contributed by atoms with E-state index in [1.807, 2.05) is 24.3 Å². The van der Waals surface area contributed by atoms with Crippen LogP contribution in [0.15, 0.2) is 55.1 Å². The van der Waals surface area contributed by atoms with Crippen molar-refractivity contribution in [3.05, 3.63) is 81.9 Å². The van der Waals surface area contributed by atoms with E-state index in [1.165, 1.54) is 36.2 Å². The summed E-state index contributed by atoms with van der Waals surface area (Å²) in [6, 6.07) is 11.5. The maximum absolute atomic E-state index is 16.1. The molecule has 3 aliphatic rings. The smallest absolute Gasteiger partial charge is 0.269 e. The number of carbonyl (C=O) groups excluding carboxylic acids is 2. The van der Waals surface area contributed by atoms with Gasteiger partial charge in [-0.15, -0.1) is 6.58 Å². The lowest BCUT2D eigenvalue weighted by Crippen LogP contribution is -2.48. The highest BCUT2D eigenvalue weighted by atomic mass is 28.4. The van der Waals surface area contributed by atoms with Gasteiger partial charge in [-0.2, -0.15) is 0 Å². The van der Waals surface area contributed by atoms with Gasteiger partial charge in [-0.05, 0) is 36.7 Å². The summed E-state index contributed by atoms with van der Waals surface area (Å²) in [5.74, 6) is -1.41. The minimum Gasteiger partial charge on any atom is -0.394 e. The Labute approximate surface area is 233 Å². The largest absolute Gasteiger partial charge is 0.394 e. The molecule has 1 N–H and O–H groups in total. The lowest BCUT2D eigenvalue weighted by molar-refractivity contribution is -0.385. The fraction of sp³-hybridized carbons (Fsp3) is 0.448. The molecular formula is C29H34FN3O6Si. The van der Waals surface area contributed by atoms with E-state index >= 15 is 4.11 Å². The highest BCUT2D eigenvalue weighted by Crippen LogP contribution is 2.60. The van der Waals surface area contributed by atoms with Crippen molar-refractivity contribution in [2.75, 3.05) is 18.1 Å². The molecule has 2 aromatic rings. The monoisotopic (exact) mass is 567 g/mol. The number of hydrogen-bond acceptors (Lipinski definition) is 6. The van der Waals surface area contributed by atoms with E-state index in [9.17, 15) is 24.8 Å². The van der Waals surface area contributed by atoms with E-state index in [2.05, 4.69) is 6.58 Å². The molecular weight excluding hydrogens is 533 g/mol. The standard InChI is InChI=1S/C29H34FN3O6Si/c1-5-12-31-24-11-10-21(33(37)38)14-23(24)29(28(31)36)18(2)27(40(3,4)30)25(39-29)15-26(35)32-16-20-9-7-6-8-19(20)13-22(32)17-34/h5-11,14,18,22,25,27,34H,1,12-13,15-17H2,2-4H3/t18-,22-,25+,27-,29+/m0/s1. The second-order valence-electron chi connectivity index (χ2n) is 11.5. The Bertz CT molecular complexity index is 1380. The molecule has 0 aliphatic carbocycles. The van der Waals surface area contributed by atoms with Crippen LogP contribution in [0.4, 0.5) is 15.5 Å². The lowest BCUT2D eigenvalue weighted by Gasteiger charge is -2.37. The van der Waals surface area contributed by atoms with E-state index in [0.717, 1.165) is 11.1 Å². The van der Waals surface area contributed by atoms with Gasteiger partial charge < -0.3 is 23.8 Å². The summed E-state index contributed by atoms with van der Waals surface area (Å²) in [4.78, 5) is 42.0. The SMILES string of the molecule is C=CCN1C(=O)[C@]2(O[C@H](CC(=O)N3Cc4ccccc4C[C@H]3CO)[C@@H]([Si](C)(C)F)[C@@H]2C)c2cc([N+](=O)[O-])ccc21. The van der Waals surface area contributed by atoms with Gasteiger partial charge in [-0.25, -0.2) is 0 Å². The normalized spacial score (nSPS) is 27.6. The fourth-order valence-corrected chi connectivity index (χ4v) is 9.48. The number of halogens is 1. The molecule has 1 fully saturated rings. The van der Waals surface area contributed by atoms with E-state index in [0.29, 0.717) is 24.2 Å². The van der Waals surface area contributed by atoms with Crippen molar-refractivity contribution in [2.24, 2.45) is 5.92 Å². The first kappa shape index (κ1) is 28.1. The van der Waals surface area contributed by atoms with Gasteiger partial charge in [0.2, 0.25) is 14.3 Å². The number of nitro benzene ring substituents is 1. The van der Waals surface area contributed by atoms with E-state index in [-0.39, 0.29) is 31.2 Å². The summed E-state index contributed by atoms with van der Waals surface area (Å²) in [5.41, 5.74) is 0.234. The number of carbonyl (C=O) groups is 2. The third-order valence-electron chi connectivity index (χ3n) is 8.73. The fourth-order valence-electron chi connectivity index (χ4n) is 6.99. The number of rotatable bonds is 7. The number of ether oxygens (including phenoxy) is 1. The molecule has 2 aromatic carbocycles. The van der Waals surface area contributed by atoms with Crippen LogP contribution in [0.5, 0.6) is 0 Å². The van der Waals surface area contributed by atoms with Gasteiger partial charge >= 0.3 is 0 Å². The zero-order chi connectivity index (χ0) is 29.0. The van der Waals surface area contributed by atoms with Crippen LogP contribution in [0.2, 0.25) is 18.6 Å². The topological polar surface area (TPSA) is 113 Å². The minimum absolute atomic E-state index is 0.150. The molecule has 0 radical (unpaired) electrons. The van der Waals surface area contributed by atoms with Crippen molar-refractivity contribution in [2.45, 2.75) is 62.7 Å². The van der Waals surface area contributed by atoms with Gasteiger partial charge in [0, 0.05) is 42.2 Å². The van der Waals surface area contributed by atoms with Crippen LogP contribution in [-0.2, 0) is 32.9 Å². The van der Waals surface area contributed by atoms with E-state index in [4.69, 9.17) is 4.74 Å². The maximum Gasteiger partial charge on any atom is 0.269 e. The number of hydrogen-bond donors (Lipinski definition) is 1. The Balaban J connectivity index is 1.54. The first-order valence-corrected chi connectivity index (χ1v) is 16.4. The average Bonchev–Trinajstić information content (AvgIpc) is 3.34. The van der Waals surface area contributed by atoms with Crippen LogP contribution in [-0.4, -0.2) is 60.4 Å². The summed E-state index contributed by atoms with van der Waals surface area (Å²) >= 11 is 0. The number of benzene rings is 2. The number of non-ortho nitro benzene ring substituents is 1. The second-order valence-corrected chi connectivity index (χ2v) is 15.3. The van der Waals surface area contributed by atoms with Crippen molar-refractivity contribution in [3.8, 4) is 0 Å². The molecule has 3 heterocycles. The Hall–Kier alpha value is -3.41. The van der Waals surface area contributed by atoms with Crippen LogP contribution in [0, 0.1) is 16.0 Å². The molecule has 0 bridgehead atoms. The summed E-state index contributed by atoms with van der Waals surface area (Å²) in [6.07, 6.45) is 0.959. The summed E-state index contributed by atoms with van der Waals surface area (Å²) in [5, 5.41) is 21.7. The highest BCUT2D eigenvalue weighted by Gasteiger charge is 2.67. The Morgan fingerprint density at radius 1 is 1.30 bits per heavy atom. The minimum atomic E-state index is -3.54. The number of aliphatic hydroxyl groups is 1. The molecule has 5 rings (SSSR count). The number of amides is 2. The third kappa shape index (κ3) is 4.36. The predicted octanol–water partition coefficient (Wildman–Crippen LogP) is 4.24. The van der Waals surface area contributed by atoms with Gasteiger partial charge in [0.15, 0.2) is 5.60 Å². The van der Waals surface area contributed by atoms with Gasteiger partial charge in [0.1, 0.15) is 0 Å². The van der Waals surface area contributed by atoms with Crippen molar-refractivity contribution in [3.63, 3.8) is 0 Å². The zero-order valence-corrected chi connectivity index (χ0v) is 23.9. The van der Waals surface area contributed by atoms with Crippen molar-refractivity contribution in [1.82, 2.24) is 4.90 Å². The number of nitrogens with zero attached hydrogens (tertiary/aromatic N) is 3. The highest BCUT2D eigenvalue weighted by molar-refractivity contribution is 6.72. The molecule has 1 spiro atoms. The number of aliphatic hydroxyl groups excluding tert-OH is 1. The van der Waals surface area contributed by atoms with Crippen LogP contribution >= 0.6 is 0 Å². The van der Waals surface area contributed by atoms with E-state index in [1.54, 1.807) is 17.9 Å². The average molecular weight is 568 g/mol. The molecule has 9 nitrogen and oxygen atoms in total. The molecule has 0 unspecified atom stereocenters. The number of fused-ring (bicyclic) bond motifs is 3. The zero-order valence-electron chi connectivity index (χ0n) is 22.9. The Morgan fingerprint density at radius 3 is 2.62 bits per heavy atom. The number of nitro groups is 1. The van der Waals surface area contributed by atoms with Crippen molar-refractivity contribution >= 4 is 31.6 Å². The maximum atomic E-state index is 16.1. The molecule has 212 valence electrons. The van der Waals surface area contributed by atoms with Crippen LogP contribution in [0.25, 0.3) is 0 Å². The van der Waals surface area contributed by atoms with Gasteiger partial charge in [0.25, 0.3) is 11.6 Å². The first-order valence-electron chi connectivity index (χ1n) is 13.5. The van der Waals surface area contributed by atoms with Gasteiger partial charge in [-0.1, -0.05) is 37.3 Å². The molecule has 1 saturated heterocycles. The molecule has 0 saturated carbocycles. The Morgan fingerprint density at radius 2 is 2.00 bits per heavy atom. The first-order chi connectivity index (χ1) is 18.9. The molecule has 2 amide bonds. The van der Waals surface area contributed by atoms with Crippen molar-refractivity contribution in [1.29, 1.82) is 0 Å². The summed E-state index contributed by atoms with van der Waals surface area (Å²) < 4.78 is 22.6. The lowest BCUT2D eigenvalue weighted by atomic mass is 9.82. The summed E-state index contributed by atoms with van der Waals surface area (Å²) in [7, 11) is -3.54. The molecule has 5 atom stereocenters. The third-order valence-corrected chi connectivity index (χ3v) is 11.2. The molecule has 11 heteroatoms. The number of anilines is 1. The van der Waals surface area contributed by atoms with Gasteiger partial charge in [-0.3, -0.25) is 19.7 Å². The predicted molar refractivity (Wildman–Crippen MR) is 150 cm³/mol. The van der Waals surface area contributed by atoms with Gasteiger partial charge in [0.05, 0.1) is 35.8 Å². The van der Waals surface area contributed by atoms with Crippen LogP contribution in [0.1, 0.15) is 30.0 Å². The molecule has 3 aliphatic heterocycles. The molecule has 40 heavy (non-hydrogen) atoms. The van der Waals surface area contributed by atoms with E-state index < -0.39 is 48.4 Å². The quantitative estimate of drug-likeness (QED) is 0.176. The van der Waals surface area contributed by atoms with Crippen LogP contribution in [0.3, 0.4) is 0 Å². The molecule has 0 aromatic heterocycles.